The summed E-state index contributed by atoms with van der Waals surface area (Å²) in [5, 5.41) is 10.1. The molecule has 0 amide bonds. The topological polar surface area (TPSA) is 20.2 Å². The van der Waals surface area contributed by atoms with E-state index in [-0.39, 0.29) is 5.25 Å². The van der Waals surface area contributed by atoms with Crippen LogP contribution in [0.1, 0.15) is 13.3 Å². The number of allylic oxidation sites excluding steroid dienone is 1. The second-order valence-corrected chi connectivity index (χ2v) is 5.10. The normalized spacial score (nSPS) is 14.1. The van der Waals surface area contributed by atoms with Gasteiger partial charge < -0.3 is 5.11 Å². The van der Waals surface area contributed by atoms with E-state index in [4.69, 9.17) is 0 Å². The van der Waals surface area contributed by atoms with E-state index in [9.17, 15) is 5.11 Å². The molecule has 1 rings (SSSR count). The molecule has 2 heteroatoms. The largest absolute Gasteiger partial charge is 0.388 e. The van der Waals surface area contributed by atoms with Crippen molar-refractivity contribution in [3.8, 4) is 0 Å². The number of aliphatic hydroxyl groups is 1. The van der Waals surface area contributed by atoms with Crippen molar-refractivity contribution in [2.75, 3.05) is 0 Å². The van der Waals surface area contributed by atoms with Crippen molar-refractivity contribution < 1.29 is 5.11 Å². The lowest BCUT2D eigenvalue weighted by atomic mass is 10.1. The van der Waals surface area contributed by atoms with Gasteiger partial charge in [-0.15, -0.1) is 18.3 Å². The molecule has 0 fully saturated rings. The predicted octanol–water partition coefficient (Wildman–Crippen LogP) is 3.66. The molecule has 1 N–H and O–H groups in total. The van der Waals surface area contributed by atoms with Crippen molar-refractivity contribution in [2.24, 2.45) is 0 Å². The third-order valence-corrected chi connectivity index (χ3v) is 3.58. The van der Waals surface area contributed by atoms with Crippen LogP contribution in [0.15, 0.2) is 60.0 Å². The van der Waals surface area contributed by atoms with Gasteiger partial charge in [0.15, 0.2) is 0 Å². The number of thioether (sulfide) groups is 1. The molecule has 0 bridgehead atoms. The summed E-state index contributed by atoms with van der Waals surface area (Å²) in [4.78, 5) is 1.16. The third kappa shape index (κ3) is 3.87. The van der Waals surface area contributed by atoms with Crippen LogP contribution in [0, 0.1) is 0 Å². The van der Waals surface area contributed by atoms with E-state index in [1.54, 1.807) is 11.8 Å². The van der Waals surface area contributed by atoms with Crippen LogP contribution in [0.4, 0.5) is 0 Å². The van der Waals surface area contributed by atoms with Crippen LogP contribution in [0.25, 0.3) is 0 Å². The van der Waals surface area contributed by atoms with E-state index >= 15 is 0 Å². The molecular formula is C14H18OS. The molecule has 1 nitrogen and oxygen atoms in total. The molecule has 0 aliphatic carbocycles. The SMILES string of the molecule is C=CC[C@@H](Sc1ccccc1)[C@@H](O)C(=C)C. The monoisotopic (exact) mass is 234 g/mol. The molecule has 0 saturated heterocycles. The summed E-state index contributed by atoms with van der Waals surface area (Å²) < 4.78 is 0. The summed E-state index contributed by atoms with van der Waals surface area (Å²) in [6, 6.07) is 10.1. The molecule has 16 heavy (non-hydrogen) atoms. The minimum Gasteiger partial charge on any atom is -0.388 e. The molecule has 0 radical (unpaired) electrons. The molecule has 2 atom stereocenters. The Morgan fingerprint density at radius 2 is 2.06 bits per heavy atom. The van der Waals surface area contributed by atoms with Gasteiger partial charge in [0.2, 0.25) is 0 Å². The maximum Gasteiger partial charge on any atom is 0.0869 e. The smallest absolute Gasteiger partial charge is 0.0869 e. The lowest BCUT2D eigenvalue weighted by Crippen LogP contribution is -2.23. The minimum absolute atomic E-state index is 0.0948. The molecule has 0 aromatic heterocycles. The maximum atomic E-state index is 10.0. The molecule has 86 valence electrons. The summed E-state index contributed by atoms with van der Waals surface area (Å²) >= 11 is 1.67. The van der Waals surface area contributed by atoms with Crippen molar-refractivity contribution in [1.29, 1.82) is 0 Å². The first kappa shape index (κ1) is 13.1. The van der Waals surface area contributed by atoms with Crippen molar-refractivity contribution in [1.82, 2.24) is 0 Å². The van der Waals surface area contributed by atoms with Crippen LogP contribution in [0.2, 0.25) is 0 Å². The number of hydrogen-bond acceptors (Lipinski definition) is 2. The van der Waals surface area contributed by atoms with Gasteiger partial charge in [0.1, 0.15) is 0 Å². The molecule has 0 unspecified atom stereocenters. The van der Waals surface area contributed by atoms with Gasteiger partial charge >= 0.3 is 0 Å². The third-order valence-electron chi connectivity index (χ3n) is 2.29. The van der Waals surface area contributed by atoms with Crippen LogP contribution in [-0.2, 0) is 0 Å². The summed E-state index contributed by atoms with van der Waals surface area (Å²) in [5.41, 5.74) is 0.801. The van der Waals surface area contributed by atoms with Gasteiger partial charge in [-0.1, -0.05) is 36.4 Å². The van der Waals surface area contributed by atoms with Gasteiger partial charge in [0.25, 0.3) is 0 Å². The fourth-order valence-electron chi connectivity index (χ4n) is 1.40. The number of hydrogen-bond donors (Lipinski definition) is 1. The van der Waals surface area contributed by atoms with Gasteiger partial charge in [-0.2, -0.15) is 0 Å². The van der Waals surface area contributed by atoms with Gasteiger partial charge in [-0.05, 0) is 25.5 Å². The minimum atomic E-state index is -0.483. The fraction of sp³-hybridized carbons (Fsp3) is 0.286. The Morgan fingerprint density at radius 1 is 1.44 bits per heavy atom. The van der Waals surface area contributed by atoms with Crippen molar-refractivity contribution in [2.45, 2.75) is 29.6 Å². The Labute approximate surface area is 102 Å². The fourth-order valence-corrected chi connectivity index (χ4v) is 2.65. The van der Waals surface area contributed by atoms with E-state index < -0.39 is 6.10 Å². The average molecular weight is 234 g/mol. The van der Waals surface area contributed by atoms with Crippen LogP contribution in [0.3, 0.4) is 0 Å². The summed E-state index contributed by atoms with van der Waals surface area (Å²) in [5.74, 6) is 0. The van der Waals surface area contributed by atoms with Crippen LogP contribution in [0.5, 0.6) is 0 Å². The van der Waals surface area contributed by atoms with E-state index in [0.29, 0.717) is 0 Å². The van der Waals surface area contributed by atoms with E-state index in [0.717, 1.165) is 16.9 Å². The Balaban J connectivity index is 2.71. The van der Waals surface area contributed by atoms with Crippen molar-refractivity contribution in [3.63, 3.8) is 0 Å². The summed E-state index contributed by atoms with van der Waals surface area (Å²) in [6.07, 6.45) is 2.13. The van der Waals surface area contributed by atoms with Gasteiger partial charge in [-0.3, -0.25) is 0 Å². The molecule has 1 aromatic carbocycles. The Bertz CT molecular complexity index is 345. The Kier molecular flexibility index (Phi) is 5.36. The van der Waals surface area contributed by atoms with Gasteiger partial charge in [-0.25, -0.2) is 0 Å². The lowest BCUT2D eigenvalue weighted by Gasteiger charge is -2.21. The first-order valence-corrected chi connectivity index (χ1v) is 6.19. The zero-order chi connectivity index (χ0) is 12.0. The zero-order valence-corrected chi connectivity index (χ0v) is 10.4. The molecular weight excluding hydrogens is 216 g/mol. The molecule has 0 saturated carbocycles. The number of benzene rings is 1. The summed E-state index contributed by atoms with van der Waals surface area (Å²) in [7, 11) is 0. The second-order valence-electron chi connectivity index (χ2n) is 3.78. The first-order chi connectivity index (χ1) is 7.65. The standard InChI is InChI=1S/C14H18OS/c1-4-8-13(14(15)11(2)3)16-12-9-6-5-7-10-12/h4-7,9-10,13-15H,1-2,8H2,3H3/t13-,14+/m1/s1. The lowest BCUT2D eigenvalue weighted by molar-refractivity contribution is 0.208. The highest BCUT2D eigenvalue weighted by Crippen LogP contribution is 2.29. The molecule has 0 aliphatic heterocycles. The van der Waals surface area contributed by atoms with E-state index in [1.165, 1.54) is 0 Å². The average Bonchev–Trinajstić information content (AvgIpc) is 2.29. The van der Waals surface area contributed by atoms with Crippen LogP contribution < -0.4 is 0 Å². The molecule has 0 heterocycles. The zero-order valence-electron chi connectivity index (χ0n) is 9.60. The quantitative estimate of drug-likeness (QED) is 0.599. The highest BCUT2D eigenvalue weighted by molar-refractivity contribution is 8.00. The van der Waals surface area contributed by atoms with Crippen LogP contribution >= 0.6 is 11.8 Å². The second kappa shape index (κ2) is 6.56. The maximum absolute atomic E-state index is 10.0. The first-order valence-electron chi connectivity index (χ1n) is 5.31. The Morgan fingerprint density at radius 3 is 2.56 bits per heavy atom. The Hall–Kier alpha value is -0.990. The van der Waals surface area contributed by atoms with Crippen molar-refractivity contribution in [3.05, 3.63) is 55.1 Å². The van der Waals surface area contributed by atoms with E-state index in [2.05, 4.69) is 13.2 Å². The molecule has 0 spiro atoms. The highest BCUT2D eigenvalue weighted by Gasteiger charge is 2.19. The number of aliphatic hydroxyl groups excluding tert-OH is 1. The molecule has 1 aromatic rings. The van der Waals surface area contributed by atoms with Gasteiger partial charge in [0.05, 0.1) is 6.10 Å². The molecule has 0 aliphatic rings. The highest BCUT2D eigenvalue weighted by atomic mass is 32.2. The van der Waals surface area contributed by atoms with E-state index in [1.807, 2.05) is 43.3 Å². The van der Waals surface area contributed by atoms with Crippen molar-refractivity contribution >= 4 is 11.8 Å². The number of rotatable bonds is 6. The summed E-state index contributed by atoms with van der Waals surface area (Å²) in [6.45, 7) is 9.39. The van der Waals surface area contributed by atoms with Crippen LogP contribution in [-0.4, -0.2) is 16.5 Å². The van der Waals surface area contributed by atoms with Gasteiger partial charge in [0, 0.05) is 10.1 Å². The predicted molar refractivity (Wildman–Crippen MR) is 71.7 cm³/mol.